The summed E-state index contributed by atoms with van der Waals surface area (Å²) in [7, 11) is 0. The molecular weight excluding hydrogens is 241 g/mol. The predicted octanol–water partition coefficient (Wildman–Crippen LogP) is 3.67. The van der Waals surface area contributed by atoms with Gasteiger partial charge in [0.05, 0.1) is 6.10 Å². The molecule has 3 heteroatoms. The lowest BCUT2D eigenvalue weighted by molar-refractivity contribution is 0.134. The molecule has 1 fully saturated rings. The van der Waals surface area contributed by atoms with Crippen LogP contribution in [-0.4, -0.2) is 12.1 Å². The Kier molecular flexibility index (Phi) is 4.81. The number of hydrogen-bond acceptors (Lipinski definition) is 2. The van der Waals surface area contributed by atoms with Crippen LogP contribution >= 0.6 is 0 Å². The van der Waals surface area contributed by atoms with Crippen molar-refractivity contribution < 1.29 is 9.13 Å². The Bertz CT molecular complexity index is 411. The topological polar surface area (TPSA) is 35.2 Å². The van der Waals surface area contributed by atoms with Gasteiger partial charge in [-0.1, -0.05) is 6.92 Å². The molecule has 0 aliphatic heterocycles. The molecule has 1 aliphatic carbocycles. The SMILES string of the molecule is CC(N)Cc1cc(F)ccc1OC1CCC(C)CC1. The Morgan fingerprint density at radius 3 is 2.63 bits per heavy atom. The fraction of sp³-hybridized carbons (Fsp3) is 0.625. The first-order chi connectivity index (χ1) is 9.04. The first kappa shape index (κ1) is 14.3. The largest absolute Gasteiger partial charge is 0.490 e. The molecule has 0 spiro atoms. The molecule has 0 amide bonds. The van der Waals surface area contributed by atoms with Crippen molar-refractivity contribution in [1.82, 2.24) is 0 Å². The van der Waals surface area contributed by atoms with Crippen molar-refractivity contribution in [2.75, 3.05) is 0 Å². The van der Waals surface area contributed by atoms with Crippen molar-refractivity contribution in [3.05, 3.63) is 29.6 Å². The van der Waals surface area contributed by atoms with Crippen molar-refractivity contribution in [3.8, 4) is 5.75 Å². The van der Waals surface area contributed by atoms with Gasteiger partial charge in [-0.2, -0.15) is 0 Å². The maximum Gasteiger partial charge on any atom is 0.123 e. The lowest BCUT2D eigenvalue weighted by Crippen LogP contribution is -2.24. The Labute approximate surface area is 115 Å². The van der Waals surface area contributed by atoms with E-state index < -0.39 is 0 Å². The molecule has 1 atom stereocenters. The van der Waals surface area contributed by atoms with E-state index in [0.29, 0.717) is 6.42 Å². The van der Waals surface area contributed by atoms with Crippen LogP contribution in [0.3, 0.4) is 0 Å². The zero-order valence-electron chi connectivity index (χ0n) is 11.9. The zero-order valence-corrected chi connectivity index (χ0v) is 11.9. The van der Waals surface area contributed by atoms with Gasteiger partial charge in [0.25, 0.3) is 0 Å². The monoisotopic (exact) mass is 265 g/mol. The van der Waals surface area contributed by atoms with Gasteiger partial charge in [-0.25, -0.2) is 4.39 Å². The van der Waals surface area contributed by atoms with Crippen LogP contribution in [0.2, 0.25) is 0 Å². The first-order valence-electron chi connectivity index (χ1n) is 7.25. The van der Waals surface area contributed by atoms with E-state index in [1.54, 1.807) is 12.1 Å². The summed E-state index contributed by atoms with van der Waals surface area (Å²) in [5, 5.41) is 0. The molecular formula is C16H24FNO. The fourth-order valence-corrected chi connectivity index (χ4v) is 2.70. The van der Waals surface area contributed by atoms with Gasteiger partial charge in [-0.3, -0.25) is 0 Å². The molecule has 1 aliphatic rings. The third-order valence-corrected chi connectivity index (χ3v) is 3.82. The Balaban J connectivity index is 2.06. The van der Waals surface area contributed by atoms with E-state index >= 15 is 0 Å². The molecule has 106 valence electrons. The third kappa shape index (κ3) is 4.20. The standard InChI is InChI=1S/C16H24FNO/c1-11-3-6-15(7-4-11)19-16-8-5-14(17)10-13(16)9-12(2)18/h5,8,10-12,15H,3-4,6-7,9,18H2,1-2H3. The van der Waals surface area contributed by atoms with Crippen LogP contribution in [-0.2, 0) is 6.42 Å². The highest BCUT2D eigenvalue weighted by Gasteiger charge is 2.20. The van der Waals surface area contributed by atoms with E-state index in [-0.39, 0.29) is 18.0 Å². The minimum atomic E-state index is -0.222. The molecule has 0 saturated heterocycles. The minimum Gasteiger partial charge on any atom is -0.490 e. The molecule has 0 heterocycles. The van der Waals surface area contributed by atoms with Gasteiger partial charge < -0.3 is 10.5 Å². The molecule has 1 aromatic rings. The minimum absolute atomic E-state index is 0.00975. The highest BCUT2D eigenvalue weighted by molar-refractivity contribution is 5.34. The summed E-state index contributed by atoms with van der Waals surface area (Å²) in [6.07, 6.45) is 5.54. The Hall–Kier alpha value is -1.09. The quantitative estimate of drug-likeness (QED) is 0.901. The zero-order chi connectivity index (χ0) is 13.8. The molecule has 2 rings (SSSR count). The van der Waals surface area contributed by atoms with Crippen LogP contribution in [0.1, 0.15) is 45.1 Å². The van der Waals surface area contributed by atoms with Crippen molar-refractivity contribution >= 4 is 0 Å². The van der Waals surface area contributed by atoms with Gasteiger partial charge in [0, 0.05) is 6.04 Å². The fourth-order valence-electron chi connectivity index (χ4n) is 2.70. The van der Waals surface area contributed by atoms with Gasteiger partial charge in [0.1, 0.15) is 11.6 Å². The highest BCUT2D eigenvalue weighted by atomic mass is 19.1. The van der Waals surface area contributed by atoms with Crippen LogP contribution in [0.4, 0.5) is 4.39 Å². The maximum absolute atomic E-state index is 13.3. The average Bonchev–Trinajstić information content (AvgIpc) is 2.34. The lowest BCUT2D eigenvalue weighted by atomic mass is 9.89. The summed E-state index contributed by atoms with van der Waals surface area (Å²) in [6, 6.07) is 4.76. The number of hydrogen-bond donors (Lipinski definition) is 1. The summed E-state index contributed by atoms with van der Waals surface area (Å²) in [6.45, 7) is 4.21. The number of ether oxygens (including phenoxy) is 1. The van der Waals surface area contributed by atoms with Gasteiger partial charge in [-0.15, -0.1) is 0 Å². The van der Waals surface area contributed by atoms with E-state index in [0.717, 1.165) is 30.1 Å². The first-order valence-corrected chi connectivity index (χ1v) is 7.25. The van der Waals surface area contributed by atoms with E-state index in [1.165, 1.54) is 18.9 Å². The van der Waals surface area contributed by atoms with Crippen molar-refractivity contribution in [2.24, 2.45) is 11.7 Å². The normalized spacial score (nSPS) is 25.1. The highest BCUT2D eigenvalue weighted by Crippen LogP contribution is 2.29. The van der Waals surface area contributed by atoms with Gasteiger partial charge in [0.15, 0.2) is 0 Å². The predicted molar refractivity (Wildman–Crippen MR) is 75.8 cm³/mol. The number of benzene rings is 1. The second kappa shape index (κ2) is 6.38. The summed E-state index contributed by atoms with van der Waals surface area (Å²) in [5.74, 6) is 1.38. The third-order valence-electron chi connectivity index (χ3n) is 3.82. The summed E-state index contributed by atoms with van der Waals surface area (Å²) < 4.78 is 19.4. The van der Waals surface area contributed by atoms with E-state index in [9.17, 15) is 4.39 Å². The van der Waals surface area contributed by atoms with E-state index in [4.69, 9.17) is 10.5 Å². The lowest BCUT2D eigenvalue weighted by Gasteiger charge is -2.28. The molecule has 2 nitrogen and oxygen atoms in total. The number of rotatable bonds is 4. The molecule has 2 N–H and O–H groups in total. The van der Waals surface area contributed by atoms with Crippen molar-refractivity contribution in [3.63, 3.8) is 0 Å². The van der Waals surface area contributed by atoms with Gasteiger partial charge in [-0.05, 0) is 68.7 Å². The number of nitrogens with two attached hydrogens (primary N) is 1. The van der Waals surface area contributed by atoms with Crippen LogP contribution in [0.5, 0.6) is 5.75 Å². The molecule has 1 aromatic carbocycles. The second-order valence-corrected chi connectivity index (χ2v) is 5.93. The molecule has 19 heavy (non-hydrogen) atoms. The smallest absolute Gasteiger partial charge is 0.123 e. The van der Waals surface area contributed by atoms with Crippen molar-refractivity contribution in [1.29, 1.82) is 0 Å². The van der Waals surface area contributed by atoms with E-state index in [1.807, 2.05) is 6.92 Å². The molecule has 0 aromatic heterocycles. The summed E-state index contributed by atoms with van der Waals surface area (Å²) >= 11 is 0. The Morgan fingerprint density at radius 2 is 2.00 bits per heavy atom. The van der Waals surface area contributed by atoms with E-state index in [2.05, 4.69) is 6.92 Å². The second-order valence-electron chi connectivity index (χ2n) is 5.93. The molecule has 0 bridgehead atoms. The molecule has 1 unspecified atom stereocenters. The average molecular weight is 265 g/mol. The van der Waals surface area contributed by atoms with Crippen LogP contribution in [0.15, 0.2) is 18.2 Å². The maximum atomic E-state index is 13.3. The molecule has 1 saturated carbocycles. The van der Waals surface area contributed by atoms with Crippen LogP contribution in [0, 0.1) is 11.7 Å². The van der Waals surface area contributed by atoms with Gasteiger partial charge >= 0.3 is 0 Å². The van der Waals surface area contributed by atoms with Crippen LogP contribution < -0.4 is 10.5 Å². The van der Waals surface area contributed by atoms with Crippen LogP contribution in [0.25, 0.3) is 0 Å². The summed E-state index contributed by atoms with van der Waals surface area (Å²) in [5.41, 5.74) is 6.70. The van der Waals surface area contributed by atoms with Gasteiger partial charge in [0.2, 0.25) is 0 Å². The summed E-state index contributed by atoms with van der Waals surface area (Å²) in [4.78, 5) is 0. The number of halogens is 1. The van der Waals surface area contributed by atoms with Crippen molar-refractivity contribution in [2.45, 2.75) is 58.1 Å². The molecule has 0 radical (unpaired) electrons. The Morgan fingerprint density at radius 1 is 1.32 bits per heavy atom.